The number of hydrogen-bond donors (Lipinski definition) is 4. The summed E-state index contributed by atoms with van der Waals surface area (Å²) in [6.45, 7) is -0.286. The van der Waals surface area contributed by atoms with Gasteiger partial charge in [0.25, 0.3) is 0 Å². The summed E-state index contributed by atoms with van der Waals surface area (Å²) in [7, 11) is 0. The molecule has 1 rings (SSSR count). The molecule has 0 aromatic carbocycles. The van der Waals surface area contributed by atoms with E-state index in [1.165, 1.54) is 0 Å². The molecule has 1 aliphatic heterocycles. The van der Waals surface area contributed by atoms with Crippen LogP contribution in [0.15, 0.2) is 0 Å². The van der Waals surface area contributed by atoms with Crippen molar-refractivity contribution in [2.45, 2.75) is 24.9 Å². The van der Waals surface area contributed by atoms with Crippen molar-refractivity contribution in [1.29, 1.82) is 0 Å². The van der Waals surface area contributed by atoms with E-state index in [-0.39, 0.29) is 90.4 Å². The standard InChI is InChI=1S/C11H17N4O4.H2S.Y/c12-8-3-14-11(19)5-15-10(18)2-1-7(6-16)13-4-9(8)17;;/h7-8,13H,1-5,12H2,(H,14,19)(H,15,18);1H2;/q-1;;/p-1. The van der Waals surface area contributed by atoms with E-state index in [2.05, 4.69) is 16.0 Å². The summed E-state index contributed by atoms with van der Waals surface area (Å²) in [5, 5.41) is 7.52. The third-order valence-electron chi connectivity index (χ3n) is 2.70. The first kappa shape index (κ1) is 22.9. The van der Waals surface area contributed by atoms with Gasteiger partial charge in [0.05, 0.1) is 19.1 Å². The number of amides is 2. The molecule has 1 radical (unpaired) electrons. The molecule has 2 unspecified atom stereocenters. The van der Waals surface area contributed by atoms with Crippen molar-refractivity contribution in [1.82, 2.24) is 16.0 Å². The van der Waals surface area contributed by atoms with Gasteiger partial charge in [-0.2, -0.15) is 0 Å². The second-order valence-electron chi connectivity index (χ2n) is 4.24. The zero-order valence-electron chi connectivity index (χ0n) is 11.4. The average Bonchev–Trinajstić information content (AvgIpc) is 2.41. The quantitative estimate of drug-likeness (QED) is 0.209. The Kier molecular flexibility index (Phi) is 13.3. The first-order chi connectivity index (χ1) is 9.02. The molecule has 2 atom stereocenters. The van der Waals surface area contributed by atoms with E-state index in [9.17, 15) is 19.2 Å². The van der Waals surface area contributed by atoms with Crippen LogP contribution in [-0.4, -0.2) is 55.6 Å². The minimum atomic E-state index is -0.847. The van der Waals surface area contributed by atoms with Gasteiger partial charge in [0.1, 0.15) is 0 Å². The van der Waals surface area contributed by atoms with E-state index in [1.54, 1.807) is 6.29 Å². The van der Waals surface area contributed by atoms with Gasteiger partial charge in [-0.1, -0.05) is 12.5 Å². The van der Waals surface area contributed by atoms with E-state index in [1.807, 2.05) is 0 Å². The Morgan fingerprint density at radius 1 is 1.10 bits per heavy atom. The first-order valence-electron chi connectivity index (χ1n) is 5.95. The number of nitrogens with two attached hydrogens (primary N) is 1. The van der Waals surface area contributed by atoms with Crippen LogP contribution < -0.4 is 21.7 Å². The van der Waals surface area contributed by atoms with Crippen LogP contribution in [-0.2, 0) is 65.4 Å². The Bertz CT molecular complexity index is 383. The Labute approximate surface area is 155 Å². The zero-order valence-corrected chi connectivity index (χ0v) is 15.2. The molecule has 117 valence electrons. The number of thiol groups is 1. The second-order valence-corrected chi connectivity index (χ2v) is 4.24. The molecule has 21 heavy (non-hydrogen) atoms. The molecule has 1 saturated heterocycles. The van der Waals surface area contributed by atoms with E-state index in [0.717, 1.165) is 0 Å². The van der Waals surface area contributed by atoms with Crippen molar-refractivity contribution in [3.63, 3.8) is 0 Å². The molecule has 8 nitrogen and oxygen atoms in total. The number of nitrogens with one attached hydrogen (secondary N) is 3. The molecule has 1 fully saturated rings. The molecule has 0 spiro atoms. The molecule has 1 aliphatic rings. The van der Waals surface area contributed by atoms with Crippen molar-refractivity contribution in [3.8, 4) is 0 Å². The fraction of sp³-hybridized carbons (Fsp3) is 0.636. The van der Waals surface area contributed by atoms with Crippen molar-refractivity contribution >= 4 is 37.4 Å². The number of carbonyl (C=O) groups is 3. The fourth-order valence-corrected chi connectivity index (χ4v) is 1.50. The average molecular weight is 391 g/mol. The Morgan fingerprint density at radius 3 is 2.38 bits per heavy atom. The summed E-state index contributed by atoms with van der Waals surface area (Å²) in [6.07, 6.45) is 2.00. The summed E-state index contributed by atoms with van der Waals surface area (Å²) >= 11 is 0. The first-order valence-corrected chi connectivity index (χ1v) is 5.95. The van der Waals surface area contributed by atoms with Crippen LogP contribution in [0, 0.1) is 0 Å². The van der Waals surface area contributed by atoms with Crippen LogP contribution in [0.4, 0.5) is 0 Å². The van der Waals surface area contributed by atoms with Crippen molar-refractivity contribution in [2.24, 2.45) is 5.73 Å². The third-order valence-corrected chi connectivity index (χ3v) is 2.70. The maximum Gasteiger partial charge on any atom is 0.239 e. The molecule has 10 heteroatoms. The van der Waals surface area contributed by atoms with Gasteiger partial charge in [0.2, 0.25) is 11.8 Å². The van der Waals surface area contributed by atoms with Crippen LogP contribution in [0.3, 0.4) is 0 Å². The SMILES string of the molecule is NC1CNC(=O)CNC(=O)CCC([C-]=O)NCC1=O.[SH-].[Y]. The van der Waals surface area contributed by atoms with Crippen molar-refractivity contribution in [2.75, 3.05) is 19.6 Å². The van der Waals surface area contributed by atoms with Gasteiger partial charge in [0, 0.05) is 45.7 Å². The minimum absolute atomic E-state index is 0. The molecule has 0 bridgehead atoms. The number of ketones is 1. The van der Waals surface area contributed by atoms with E-state index >= 15 is 0 Å². The van der Waals surface area contributed by atoms with Gasteiger partial charge in [-0.05, 0) is 0 Å². The van der Waals surface area contributed by atoms with Crippen LogP contribution in [0.1, 0.15) is 12.8 Å². The minimum Gasteiger partial charge on any atom is -0.813 e. The molecular weight excluding hydrogens is 373 g/mol. The summed E-state index contributed by atoms with van der Waals surface area (Å²) < 4.78 is 0. The van der Waals surface area contributed by atoms with Gasteiger partial charge in [-0.3, -0.25) is 14.4 Å². The molecule has 1 heterocycles. The Balaban J connectivity index is 0. The predicted octanol–water partition coefficient (Wildman–Crippen LogP) is -3.30. The maximum atomic E-state index is 11.6. The molecule has 0 aliphatic carbocycles. The van der Waals surface area contributed by atoms with Crippen molar-refractivity contribution in [3.05, 3.63) is 0 Å². The number of carbonyl (C=O) groups excluding carboxylic acids is 4. The largest absolute Gasteiger partial charge is 0.813 e. The van der Waals surface area contributed by atoms with Crippen LogP contribution in [0.25, 0.3) is 0 Å². The third kappa shape index (κ3) is 9.31. The van der Waals surface area contributed by atoms with Gasteiger partial charge in [-0.15, -0.1) is 0 Å². The van der Waals surface area contributed by atoms with E-state index in [0.29, 0.717) is 0 Å². The van der Waals surface area contributed by atoms with Crippen molar-refractivity contribution < 1.29 is 51.9 Å². The maximum absolute atomic E-state index is 11.6. The number of hydrogen-bond acceptors (Lipinski definition) is 7. The molecule has 0 aromatic heterocycles. The Morgan fingerprint density at radius 2 is 1.76 bits per heavy atom. The summed E-state index contributed by atoms with van der Waals surface area (Å²) in [6, 6.07) is -1.55. The van der Waals surface area contributed by atoms with Gasteiger partial charge >= 0.3 is 0 Å². The Hall–Kier alpha value is -0.346. The normalized spacial score (nSPS) is 24.7. The van der Waals surface area contributed by atoms with Crippen LogP contribution in [0.2, 0.25) is 0 Å². The van der Waals surface area contributed by atoms with Gasteiger partial charge in [-0.25, -0.2) is 6.29 Å². The van der Waals surface area contributed by atoms with E-state index in [4.69, 9.17) is 5.73 Å². The van der Waals surface area contributed by atoms with E-state index < -0.39 is 18.0 Å². The molecule has 2 amide bonds. The second kappa shape index (κ2) is 12.2. The summed E-state index contributed by atoms with van der Waals surface area (Å²) in [4.78, 5) is 45.0. The monoisotopic (exact) mass is 391 g/mol. The smallest absolute Gasteiger partial charge is 0.239 e. The topological polar surface area (TPSA) is 130 Å². The van der Waals surface area contributed by atoms with Gasteiger partial charge < -0.3 is 40.0 Å². The number of rotatable bonds is 1. The van der Waals surface area contributed by atoms with Gasteiger partial charge in [0.15, 0.2) is 5.78 Å². The zero-order chi connectivity index (χ0) is 14.3. The van der Waals surface area contributed by atoms with Crippen LogP contribution in [0.5, 0.6) is 0 Å². The summed E-state index contributed by atoms with van der Waals surface area (Å²) in [5.41, 5.74) is 5.58. The fourth-order valence-electron chi connectivity index (χ4n) is 1.50. The molecule has 5 N–H and O–H groups in total. The predicted molar refractivity (Wildman–Crippen MR) is 74.5 cm³/mol. The number of Topliss-reactive ketones (excluding diaryl/α,β-unsaturated/α-hetero) is 1. The summed E-state index contributed by atoms with van der Waals surface area (Å²) in [5.74, 6) is -1.08. The van der Waals surface area contributed by atoms with Crippen LogP contribution >= 0.6 is 0 Å². The molecule has 0 aromatic rings. The molecule has 0 saturated carbocycles. The molecular formula is C11H18N4O4SY-2.